The number of hydrogen-bond donors (Lipinski definition) is 2. The highest BCUT2D eigenvalue weighted by molar-refractivity contribution is 7.21. The smallest absolute Gasteiger partial charge is 0.259 e. The highest BCUT2D eigenvalue weighted by atomic mass is 32.1. The van der Waals surface area contributed by atoms with Crippen LogP contribution in [0.5, 0.6) is 0 Å². The quantitative estimate of drug-likeness (QED) is 0.506. The van der Waals surface area contributed by atoms with Gasteiger partial charge < -0.3 is 15.2 Å². The topological polar surface area (TPSA) is 78.1 Å². The Labute approximate surface area is 177 Å². The summed E-state index contributed by atoms with van der Waals surface area (Å²) in [7, 11) is 0. The maximum Gasteiger partial charge on any atom is 0.259 e. The number of nitrogens with zero attached hydrogens (tertiary/aromatic N) is 2. The minimum Gasteiger partial charge on any atom is -0.378 e. The first-order chi connectivity index (χ1) is 14.7. The van der Waals surface area contributed by atoms with E-state index in [4.69, 9.17) is 0 Å². The first-order valence-electron chi connectivity index (χ1n) is 9.90. The monoisotopic (exact) mass is 416 g/mol. The van der Waals surface area contributed by atoms with Crippen LogP contribution < -0.4 is 15.8 Å². The van der Waals surface area contributed by atoms with Crippen LogP contribution in [0.15, 0.2) is 65.5 Å². The van der Waals surface area contributed by atoms with Crippen LogP contribution in [0.1, 0.15) is 18.7 Å². The van der Waals surface area contributed by atoms with E-state index in [-0.39, 0.29) is 11.5 Å². The Kier molecular flexibility index (Phi) is 4.80. The van der Waals surface area contributed by atoms with E-state index in [1.807, 2.05) is 65.6 Å². The van der Waals surface area contributed by atoms with Crippen molar-refractivity contribution in [3.05, 3.63) is 76.8 Å². The average Bonchev–Trinajstić information content (AvgIpc) is 3.40. The van der Waals surface area contributed by atoms with Gasteiger partial charge >= 0.3 is 0 Å². The molecule has 6 nitrogen and oxygen atoms in total. The van der Waals surface area contributed by atoms with Crippen molar-refractivity contribution in [3.63, 3.8) is 0 Å². The van der Waals surface area contributed by atoms with Crippen LogP contribution in [0.4, 0.5) is 11.4 Å². The lowest BCUT2D eigenvalue weighted by Crippen LogP contribution is -2.23. The summed E-state index contributed by atoms with van der Waals surface area (Å²) in [4.78, 5) is 35.5. The van der Waals surface area contributed by atoms with Gasteiger partial charge in [-0.3, -0.25) is 9.59 Å². The molecular formula is C23H20N4O2S. The number of benzene rings is 2. The molecule has 4 aromatic rings. The Bertz CT molecular complexity index is 1260. The SMILES string of the molecule is O=C1CCCN1c1ccc(NCc2nc3sc(-c4ccccc4)cc3c(=O)[nH]2)cc1. The van der Waals surface area contributed by atoms with Gasteiger partial charge in [0.05, 0.1) is 11.9 Å². The Morgan fingerprint density at radius 1 is 1.07 bits per heavy atom. The summed E-state index contributed by atoms with van der Waals surface area (Å²) in [5.41, 5.74) is 2.78. The number of aromatic amines is 1. The van der Waals surface area contributed by atoms with Crippen molar-refractivity contribution in [2.24, 2.45) is 0 Å². The molecule has 0 unspecified atom stereocenters. The molecule has 1 saturated heterocycles. The van der Waals surface area contributed by atoms with E-state index in [2.05, 4.69) is 15.3 Å². The third kappa shape index (κ3) is 3.59. The molecule has 1 aliphatic rings. The van der Waals surface area contributed by atoms with Crippen molar-refractivity contribution in [2.75, 3.05) is 16.8 Å². The standard InChI is InChI=1S/C23H20N4O2S/c28-21-7-4-12-27(21)17-10-8-16(9-11-17)24-14-20-25-22(29)18-13-19(30-23(18)26-20)15-5-2-1-3-6-15/h1-3,5-6,8-11,13,24H,4,7,12,14H2,(H,25,26,29). The lowest BCUT2D eigenvalue weighted by Gasteiger charge is -2.16. The molecule has 1 aliphatic heterocycles. The predicted octanol–water partition coefficient (Wildman–Crippen LogP) is 4.39. The van der Waals surface area contributed by atoms with E-state index in [0.717, 1.165) is 39.6 Å². The van der Waals surface area contributed by atoms with Gasteiger partial charge in [-0.25, -0.2) is 4.98 Å². The Morgan fingerprint density at radius 2 is 1.87 bits per heavy atom. The Hall–Kier alpha value is -3.45. The Balaban J connectivity index is 1.33. The maximum absolute atomic E-state index is 12.5. The van der Waals surface area contributed by atoms with Crippen molar-refractivity contribution >= 4 is 38.8 Å². The van der Waals surface area contributed by atoms with Gasteiger partial charge in [-0.05, 0) is 42.3 Å². The zero-order valence-electron chi connectivity index (χ0n) is 16.2. The fourth-order valence-electron chi connectivity index (χ4n) is 3.67. The molecule has 2 aromatic heterocycles. The fraction of sp³-hybridized carbons (Fsp3) is 0.174. The number of rotatable bonds is 5. The fourth-order valence-corrected chi connectivity index (χ4v) is 4.73. The maximum atomic E-state index is 12.5. The van der Waals surface area contributed by atoms with E-state index < -0.39 is 0 Å². The lowest BCUT2D eigenvalue weighted by atomic mass is 10.2. The molecule has 1 amide bonds. The van der Waals surface area contributed by atoms with Gasteiger partial charge in [0.25, 0.3) is 5.56 Å². The van der Waals surface area contributed by atoms with Crippen LogP contribution in [0.3, 0.4) is 0 Å². The summed E-state index contributed by atoms with van der Waals surface area (Å²) < 4.78 is 0. The number of nitrogens with one attached hydrogen (secondary N) is 2. The Morgan fingerprint density at radius 3 is 2.60 bits per heavy atom. The van der Waals surface area contributed by atoms with Crippen molar-refractivity contribution in [2.45, 2.75) is 19.4 Å². The predicted molar refractivity (Wildman–Crippen MR) is 121 cm³/mol. The summed E-state index contributed by atoms with van der Waals surface area (Å²) in [6, 6.07) is 19.7. The summed E-state index contributed by atoms with van der Waals surface area (Å²) >= 11 is 1.52. The average molecular weight is 417 g/mol. The van der Waals surface area contributed by atoms with Crippen molar-refractivity contribution in [1.82, 2.24) is 9.97 Å². The van der Waals surface area contributed by atoms with E-state index in [0.29, 0.717) is 24.2 Å². The molecule has 2 aromatic carbocycles. The summed E-state index contributed by atoms with van der Waals surface area (Å²) in [6.07, 6.45) is 1.53. The number of aromatic nitrogens is 2. The van der Waals surface area contributed by atoms with Gasteiger partial charge in [0.1, 0.15) is 10.7 Å². The van der Waals surface area contributed by atoms with Crippen LogP contribution in [-0.4, -0.2) is 22.4 Å². The molecule has 5 rings (SSSR count). The van der Waals surface area contributed by atoms with Gasteiger partial charge in [0, 0.05) is 29.2 Å². The van der Waals surface area contributed by atoms with Crippen LogP contribution in [-0.2, 0) is 11.3 Å². The van der Waals surface area contributed by atoms with Crippen LogP contribution in [0.2, 0.25) is 0 Å². The van der Waals surface area contributed by atoms with Gasteiger partial charge in [0.15, 0.2) is 0 Å². The minimum absolute atomic E-state index is 0.127. The second-order valence-corrected chi connectivity index (χ2v) is 8.29. The van der Waals surface area contributed by atoms with Crippen molar-refractivity contribution in [3.8, 4) is 10.4 Å². The van der Waals surface area contributed by atoms with E-state index in [1.165, 1.54) is 11.3 Å². The second kappa shape index (κ2) is 7.76. The first-order valence-corrected chi connectivity index (χ1v) is 10.7. The number of carbonyl (C=O) groups is 1. The van der Waals surface area contributed by atoms with Crippen LogP contribution in [0.25, 0.3) is 20.7 Å². The second-order valence-electron chi connectivity index (χ2n) is 7.26. The van der Waals surface area contributed by atoms with E-state index >= 15 is 0 Å². The molecule has 7 heteroatoms. The van der Waals surface area contributed by atoms with Gasteiger partial charge in [0.2, 0.25) is 5.91 Å². The number of thiophene rings is 1. The normalized spacial score (nSPS) is 13.9. The number of carbonyl (C=O) groups excluding carboxylic acids is 1. The molecular weight excluding hydrogens is 396 g/mol. The number of amides is 1. The van der Waals surface area contributed by atoms with Gasteiger partial charge in [-0.2, -0.15) is 0 Å². The van der Waals surface area contributed by atoms with Crippen molar-refractivity contribution in [1.29, 1.82) is 0 Å². The first kappa shape index (κ1) is 18.6. The summed E-state index contributed by atoms with van der Waals surface area (Å²) in [5, 5.41) is 3.90. The number of anilines is 2. The zero-order valence-corrected chi connectivity index (χ0v) is 17.0. The minimum atomic E-state index is -0.127. The van der Waals surface area contributed by atoms with Gasteiger partial charge in [-0.15, -0.1) is 11.3 Å². The number of hydrogen-bond acceptors (Lipinski definition) is 5. The molecule has 150 valence electrons. The van der Waals surface area contributed by atoms with Crippen LogP contribution >= 0.6 is 11.3 Å². The van der Waals surface area contributed by atoms with Gasteiger partial charge in [-0.1, -0.05) is 30.3 Å². The van der Waals surface area contributed by atoms with Crippen molar-refractivity contribution < 1.29 is 4.79 Å². The molecule has 3 heterocycles. The third-order valence-electron chi connectivity index (χ3n) is 5.22. The van der Waals surface area contributed by atoms with Crippen LogP contribution in [0, 0.1) is 0 Å². The molecule has 2 N–H and O–H groups in total. The molecule has 0 aliphatic carbocycles. The molecule has 0 spiro atoms. The molecule has 0 radical (unpaired) electrons. The highest BCUT2D eigenvalue weighted by Crippen LogP contribution is 2.30. The summed E-state index contributed by atoms with van der Waals surface area (Å²) in [5.74, 6) is 0.768. The third-order valence-corrected chi connectivity index (χ3v) is 6.30. The number of fused-ring (bicyclic) bond motifs is 1. The molecule has 0 saturated carbocycles. The molecule has 0 atom stereocenters. The largest absolute Gasteiger partial charge is 0.378 e. The zero-order chi connectivity index (χ0) is 20.5. The number of H-pyrrole nitrogens is 1. The van der Waals surface area contributed by atoms with E-state index in [9.17, 15) is 9.59 Å². The molecule has 30 heavy (non-hydrogen) atoms. The van der Waals surface area contributed by atoms with E-state index in [1.54, 1.807) is 0 Å². The summed E-state index contributed by atoms with van der Waals surface area (Å²) in [6.45, 7) is 1.19. The molecule has 0 bridgehead atoms. The molecule has 1 fully saturated rings. The highest BCUT2D eigenvalue weighted by Gasteiger charge is 2.21. The lowest BCUT2D eigenvalue weighted by molar-refractivity contribution is -0.117.